The van der Waals surface area contributed by atoms with Gasteiger partial charge in [0.2, 0.25) is 0 Å². The second-order valence-corrected chi connectivity index (χ2v) is 7.36. The van der Waals surface area contributed by atoms with Crippen molar-refractivity contribution in [3.05, 3.63) is 35.4 Å². The molecule has 1 N–H and O–H groups in total. The molecule has 0 bridgehead atoms. The van der Waals surface area contributed by atoms with E-state index in [4.69, 9.17) is 9.47 Å². The molecule has 1 aromatic carbocycles. The maximum atomic E-state index is 12.1. The molecule has 0 saturated carbocycles. The number of nitrogens with one attached hydrogen (secondary N) is 1. The summed E-state index contributed by atoms with van der Waals surface area (Å²) in [4.78, 5) is 35.9. The molecular formula is C20H29NO5. The zero-order valence-corrected chi connectivity index (χ0v) is 16.4. The molecule has 0 saturated heterocycles. The molecule has 1 amide bonds. The first-order valence-corrected chi connectivity index (χ1v) is 8.75. The molecule has 0 fully saturated rings. The summed E-state index contributed by atoms with van der Waals surface area (Å²) in [6.45, 7) is 9.54. The van der Waals surface area contributed by atoms with Gasteiger partial charge in [-0.25, -0.2) is 9.59 Å². The summed E-state index contributed by atoms with van der Waals surface area (Å²) < 4.78 is 9.75. The molecular weight excluding hydrogens is 334 g/mol. The van der Waals surface area contributed by atoms with Gasteiger partial charge in [0, 0.05) is 0 Å². The summed E-state index contributed by atoms with van der Waals surface area (Å²) in [5.41, 5.74) is 1.46. The lowest BCUT2D eigenvalue weighted by molar-refractivity contribution is -0.147. The standard InChI is InChI=1S/C20H29NO5/c1-7-13(2)17(19(24)25-6)21-16(22)12-26-18(23)14-8-10-15(11-9-14)20(3,4)5/h8-11,13,17H,7,12H2,1-6H3,(H,21,22)/t13-,17+/m1/s1. The number of esters is 2. The van der Waals surface area contributed by atoms with E-state index in [1.165, 1.54) is 7.11 Å². The molecule has 0 aromatic heterocycles. The third kappa shape index (κ3) is 6.17. The molecule has 1 rings (SSSR count). The molecule has 0 aliphatic rings. The van der Waals surface area contributed by atoms with Crippen LogP contribution in [-0.2, 0) is 24.5 Å². The van der Waals surface area contributed by atoms with Gasteiger partial charge in [-0.05, 0) is 29.0 Å². The molecule has 0 spiro atoms. The predicted molar refractivity (Wildman–Crippen MR) is 98.8 cm³/mol. The van der Waals surface area contributed by atoms with Crippen molar-refractivity contribution in [2.75, 3.05) is 13.7 Å². The lowest BCUT2D eigenvalue weighted by Gasteiger charge is -2.21. The minimum Gasteiger partial charge on any atom is -0.467 e. The van der Waals surface area contributed by atoms with Crippen molar-refractivity contribution in [1.29, 1.82) is 0 Å². The number of methoxy groups -OCH3 is 1. The van der Waals surface area contributed by atoms with E-state index in [2.05, 4.69) is 26.1 Å². The van der Waals surface area contributed by atoms with E-state index < -0.39 is 30.5 Å². The average molecular weight is 363 g/mol. The van der Waals surface area contributed by atoms with Crippen molar-refractivity contribution in [2.24, 2.45) is 5.92 Å². The Morgan fingerprint density at radius 3 is 2.15 bits per heavy atom. The Balaban J connectivity index is 2.63. The van der Waals surface area contributed by atoms with Gasteiger partial charge < -0.3 is 14.8 Å². The SMILES string of the molecule is CC[C@@H](C)[C@H](NC(=O)COC(=O)c1ccc(C(C)(C)C)cc1)C(=O)OC. The van der Waals surface area contributed by atoms with Gasteiger partial charge in [0.1, 0.15) is 6.04 Å². The predicted octanol–water partition coefficient (Wildman–Crippen LogP) is 2.84. The Morgan fingerprint density at radius 1 is 1.12 bits per heavy atom. The summed E-state index contributed by atoms with van der Waals surface area (Å²) in [5, 5.41) is 2.56. The number of hydrogen-bond donors (Lipinski definition) is 1. The van der Waals surface area contributed by atoms with Crippen molar-refractivity contribution in [2.45, 2.75) is 52.5 Å². The Kier molecular flexibility index (Phi) is 7.80. The topological polar surface area (TPSA) is 81.7 Å². The Hall–Kier alpha value is -2.37. The molecule has 0 aliphatic heterocycles. The van der Waals surface area contributed by atoms with Gasteiger partial charge in [0.05, 0.1) is 12.7 Å². The van der Waals surface area contributed by atoms with Crippen LogP contribution in [0.25, 0.3) is 0 Å². The smallest absolute Gasteiger partial charge is 0.338 e. The van der Waals surface area contributed by atoms with Crippen LogP contribution in [0.4, 0.5) is 0 Å². The monoisotopic (exact) mass is 363 g/mol. The summed E-state index contributed by atoms with van der Waals surface area (Å²) in [6, 6.07) is 6.33. The van der Waals surface area contributed by atoms with Gasteiger partial charge >= 0.3 is 11.9 Å². The fourth-order valence-corrected chi connectivity index (χ4v) is 2.33. The molecule has 0 heterocycles. The summed E-state index contributed by atoms with van der Waals surface area (Å²) >= 11 is 0. The van der Waals surface area contributed by atoms with Gasteiger partial charge in [-0.2, -0.15) is 0 Å². The molecule has 26 heavy (non-hydrogen) atoms. The molecule has 0 aliphatic carbocycles. The zero-order valence-electron chi connectivity index (χ0n) is 16.4. The van der Waals surface area contributed by atoms with E-state index in [1.54, 1.807) is 12.1 Å². The number of amides is 1. The van der Waals surface area contributed by atoms with E-state index in [0.29, 0.717) is 12.0 Å². The van der Waals surface area contributed by atoms with Crippen LogP contribution >= 0.6 is 0 Å². The molecule has 0 unspecified atom stereocenters. The van der Waals surface area contributed by atoms with Crippen molar-refractivity contribution in [3.8, 4) is 0 Å². The van der Waals surface area contributed by atoms with Gasteiger partial charge in [0.25, 0.3) is 5.91 Å². The first-order chi connectivity index (χ1) is 12.1. The third-order valence-electron chi connectivity index (χ3n) is 4.31. The van der Waals surface area contributed by atoms with E-state index >= 15 is 0 Å². The Morgan fingerprint density at radius 2 is 1.69 bits per heavy atom. The highest BCUT2D eigenvalue weighted by Gasteiger charge is 2.27. The lowest BCUT2D eigenvalue weighted by Crippen LogP contribution is -2.47. The lowest BCUT2D eigenvalue weighted by atomic mass is 9.87. The first kappa shape index (κ1) is 21.7. The number of ether oxygens (including phenoxy) is 2. The number of rotatable bonds is 7. The van der Waals surface area contributed by atoms with Crippen LogP contribution in [0.3, 0.4) is 0 Å². The van der Waals surface area contributed by atoms with Gasteiger partial charge in [-0.1, -0.05) is 53.2 Å². The molecule has 0 radical (unpaired) electrons. The van der Waals surface area contributed by atoms with Crippen LogP contribution in [0.2, 0.25) is 0 Å². The molecule has 144 valence electrons. The molecule has 6 heteroatoms. The van der Waals surface area contributed by atoms with E-state index in [9.17, 15) is 14.4 Å². The number of carbonyl (C=O) groups excluding carboxylic acids is 3. The van der Waals surface area contributed by atoms with Crippen LogP contribution in [-0.4, -0.2) is 37.6 Å². The summed E-state index contributed by atoms with van der Waals surface area (Å²) in [6.07, 6.45) is 0.694. The molecule has 6 nitrogen and oxygen atoms in total. The van der Waals surface area contributed by atoms with Crippen LogP contribution < -0.4 is 5.32 Å². The highest BCUT2D eigenvalue weighted by atomic mass is 16.5. The molecule has 1 aromatic rings. The maximum absolute atomic E-state index is 12.1. The van der Waals surface area contributed by atoms with Gasteiger partial charge in [0.15, 0.2) is 6.61 Å². The fourth-order valence-electron chi connectivity index (χ4n) is 2.33. The second kappa shape index (κ2) is 9.36. The largest absolute Gasteiger partial charge is 0.467 e. The number of hydrogen-bond acceptors (Lipinski definition) is 5. The van der Waals surface area contributed by atoms with E-state index in [1.807, 2.05) is 26.0 Å². The first-order valence-electron chi connectivity index (χ1n) is 8.75. The number of carbonyl (C=O) groups is 3. The number of benzene rings is 1. The normalized spacial score (nSPS) is 13.5. The maximum Gasteiger partial charge on any atom is 0.338 e. The Labute approximate surface area is 155 Å². The summed E-state index contributed by atoms with van der Waals surface area (Å²) in [5.74, 6) is -1.73. The van der Waals surface area contributed by atoms with Gasteiger partial charge in [-0.3, -0.25) is 4.79 Å². The molecule has 2 atom stereocenters. The minimum atomic E-state index is -0.762. The summed E-state index contributed by atoms with van der Waals surface area (Å²) in [7, 11) is 1.27. The van der Waals surface area contributed by atoms with Crippen molar-refractivity contribution >= 4 is 17.8 Å². The highest BCUT2D eigenvalue weighted by molar-refractivity contribution is 5.92. The van der Waals surface area contributed by atoms with Gasteiger partial charge in [-0.15, -0.1) is 0 Å². The van der Waals surface area contributed by atoms with E-state index in [0.717, 1.165) is 5.56 Å². The zero-order chi connectivity index (χ0) is 19.9. The fraction of sp³-hybridized carbons (Fsp3) is 0.550. The van der Waals surface area contributed by atoms with Crippen molar-refractivity contribution in [1.82, 2.24) is 5.32 Å². The van der Waals surface area contributed by atoms with Crippen LogP contribution in [0.1, 0.15) is 57.0 Å². The van der Waals surface area contributed by atoms with Crippen LogP contribution in [0, 0.1) is 5.92 Å². The van der Waals surface area contributed by atoms with Crippen molar-refractivity contribution in [3.63, 3.8) is 0 Å². The highest BCUT2D eigenvalue weighted by Crippen LogP contribution is 2.22. The second-order valence-electron chi connectivity index (χ2n) is 7.36. The van der Waals surface area contributed by atoms with Crippen molar-refractivity contribution < 1.29 is 23.9 Å². The Bertz CT molecular complexity index is 631. The third-order valence-corrected chi connectivity index (χ3v) is 4.31. The van der Waals surface area contributed by atoms with Crippen LogP contribution in [0.15, 0.2) is 24.3 Å². The minimum absolute atomic E-state index is 0.0127. The average Bonchev–Trinajstić information content (AvgIpc) is 2.62. The van der Waals surface area contributed by atoms with Crippen LogP contribution in [0.5, 0.6) is 0 Å². The quantitative estimate of drug-likeness (QED) is 0.753. The van der Waals surface area contributed by atoms with E-state index in [-0.39, 0.29) is 11.3 Å².